The number of benzene rings is 2. The molecule has 5 aliphatic rings. The van der Waals surface area contributed by atoms with Crippen LogP contribution in [0.25, 0.3) is 44.7 Å². The third-order valence-corrected chi connectivity index (χ3v) is 15.0. The summed E-state index contributed by atoms with van der Waals surface area (Å²) in [6.45, 7) is 10.5. The minimum atomic E-state index is -1.28. The summed E-state index contributed by atoms with van der Waals surface area (Å²) in [5.41, 5.74) is 12.9. The first-order chi connectivity index (χ1) is 35.1. The van der Waals surface area contributed by atoms with E-state index in [1.54, 1.807) is 33.4 Å². The molecule has 0 bridgehead atoms. The zero-order valence-electron chi connectivity index (χ0n) is 42.2. The van der Waals surface area contributed by atoms with Crippen molar-refractivity contribution in [3.05, 3.63) is 126 Å². The molecule has 6 heterocycles. The van der Waals surface area contributed by atoms with Crippen LogP contribution in [-0.2, 0) is 14.3 Å². The van der Waals surface area contributed by atoms with E-state index in [9.17, 15) is 14.0 Å². The Morgan fingerprint density at radius 1 is 0.904 bits per heavy atom. The lowest BCUT2D eigenvalue weighted by Crippen LogP contribution is -2.51. The molecule has 2 aromatic carbocycles. The number of ether oxygens (including phenoxy) is 3. The number of alkyl halides is 2. The molecular weight excluding hydrogens is 936 g/mol. The number of methoxy groups -OCH3 is 2. The van der Waals surface area contributed by atoms with Gasteiger partial charge in [0.15, 0.2) is 6.23 Å². The van der Waals surface area contributed by atoms with E-state index in [0.717, 1.165) is 33.4 Å². The molecule has 0 radical (unpaired) electrons. The lowest BCUT2D eigenvalue weighted by Gasteiger charge is -2.35. The van der Waals surface area contributed by atoms with E-state index in [4.69, 9.17) is 24.9 Å². The van der Waals surface area contributed by atoms with Gasteiger partial charge in [-0.25, -0.2) is 27.9 Å². The summed E-state index contributed by atoms with van der Waals surface area (Å²) >= 11 is 0. The minimum absolute atomic E-state index is 0.0416. The van der Waals surface area contributed by atoms with Gasteiger partial charge in [-0.1, -0.05) is 71.1 Å². The molecule has 17 heteroatoms. The Hall–Kier alpha value is -6.85. The highest BCUT2D eigenvalue weighted by Crippen LogP contribution is 2.49. The van der Waals surface area contributed by atoms with Crippen molar-refractivity contribution in [2.45, 2.75) is 96.6 Å². The molecule has 2 saturated heterocycles. The van der Waals surface area contributed by atoms with E-state index < -0.39 is 48.5 Å². The summed E-state index contributed by atoms with van der Waals surface area (Å²) in [5, 5.41) is 3.43. The molecule has 384 valence electrons. The van der Waals surface area contributed by atoms with Crippen LogP contribution in [0, 0.1) is 29.5 Å². The SMILES string of the molecule is COC(=O)NC(C(=O)N1CC(F)CC1c1ncc(-c2ccc3c(c2)cc2n3C(C3C=CC(C4=CC(OC)=CC(C)C=C4)=CC3)Oc3cc(-c4cnc(C5CC(F)CN5CC(N)C(C)C)[nH]4)cc(F)c3-2)[nH]1)C(C)C. The zero-order valence-corrected chi connectivity index (χ0v) is 42.2. The number of carbonyl (C=O) groups excluding carboxylic acids is 2. The number of likely N-dealkylation sites (tertiary alicyclic amines) is 2. The standard InChI is InChI=1S/C56H64F3N9O5/c1-29(2)42(60)28-66-26-38(57)22-47(66)52-61-25-44(64-52)36-19-41(59)50-46-20-37-17-35(43-24-62-53(63-43)48-23-39(58)27-67(48)54(69)51(30(3)4)65-56(70)72-7)14-15-45(37)68(46)55(73-49(50)21-36)33-12-10-32(11-13-33)34-9-8-31(5)16-40(18-34)71-6/h8-12,14-21,24-25,29-31,33,38-39,42,47-48,51,55H,13,22-23,26-28,60H2,1-7H3,(H,61,64)(H,62,63)(H,65,70). The van der Waals surface area contributed by atoms with Crippen LogP contribution in [0.4, 0.5) is 18.0 Å². The van der Waals surface area contributed by atoms with Crippen molar-refractivity contribution in [2.75, 3.05) is 33.9 Å². The van der Waals surface area contributed by atoms with Crippen molar-refractivity contribution >= 4 is 22.9 Å². The predicted octanol–water partition coefficient (Wildman–Crippen LogP) is 10.3. The molecule has 3 aromatic heterocycles. The Kier molecular flexibility index (Phi) is 13.8. The van der Waals surface area contributed by atoms with Gasteiger partial charge in [0.2, 0.25) is 5.91 Å². The summed E-state index contributed by atoms with van der Waals surface area (Å²) in [4.78, 5) is 45.6. The molecule has 5 aromatic rings. The van der Waals surface area contributed by atoms with E-state index in [-0.39, 0.29) is 61.7 Å². The number of alkyl carbamates (subject to hydrolysis) is 1. The minimum Gasteiger partial charge on any atom is -0.497 e. The first-order valence-corrected chi connectivity index (χ1v) is 25.3. The molecule has 14 nitrogen and oxygen atoms in total. The topological polar surface area (TPSA) is 169 Å². The number of aromatic amines is 2. The summed E-state index contributed by atoms with van der Waals surface area (Å²) < 4.78 is 66.7. The Bertz CT molecular complexity index is 3070. The largest absolute Gasteiger partial charge is 0.497 e. The fraction of sp³-hybridized carbons (Fsp3) is 0.429. The monoisotopic (exact) mass is 999 g/mol. The van der Waals surface area contributed by atoms with Crippen LogP contribution in [0.2, 0.25) is 0 Å². The van der Waals surface area contributed by atoms with Crippen LogP contribution in [0.3, 0.4) is 0 Å². The molecule has 73 heavy (non-hydrogen) atoms. The lowest BCUT2D eigenvalue weighted by molar-refractivity contribution is -0.135. The Balaban J connectivity index is 0.991. The molecule has 3 aliphatic heterocycles. The zero-order chi connectivity index (χ0) is 51.4. The fourth-order valence-corrected chi connectivity index (χ4v) is 10.9. The van der Waals surface area contributed by atoms with Gasteiger partial charge in [-0.2, -0.15) is 0 Å². The predicted molar refractivity (Wildman–Crippen MR) is 274 cm³/mol. The highest BCUT2D eigenvalue weighted by Gasteiger charge is 2.42. The molecule has 2 fully saturated rings. The number of carbonyl (C=O) groups is 2. The molecule has 0 saturated carbocycles. The van der Waals surface area contributed by atoms with E-state index in [1.165, 1.54) is 18.1 Å². The molecule has 2 aliphatic carbocycles. The van der Waals surface area contributed by atoms with Gasteiger partial charge in [0.1, 0.15) is 47.4 Å². The van der Waals surface area contributed by atoms with Gasteiger partial charge >= 0.3 is 6.09 Å². The molecule has 0 spiro atoms. The second kappa shape index (κ2) is 20.2. The van der Waals surface area contributed by atoms with Crippen molar-refractivity contribution in [1.82, 2.24) is 39.6 Å². The summed E-state index contributed by atoms with van der Waals surface area (Å²) in [7, 11) is 2.90. The summed E-state index contributed by atoms with van der Waals surface area (Å²) in [6, 6.07) is 9.22. The number of rotatable bonds is 13. The number of hydrogen-bond donors (Lipinski definition) is 4. The number of H-pyrrole nitrogens is 2. The van der Waals surface area contributed by atoms with Crippen LogP contribution in [-0.4, -0.2) is 105 Å². The molecule has 9 unspecified atom stereocenters. The third kappa shape index (κ3) is 9.76. The van der Waals surface area contributed by atoms with Crippen LogP contribution in [0.5, 0.6) is 5.75 Å². The number of aromatic nitrogens is 5. The number of hydrogen-bond acceptors (Lipinski definition) is 9. The summed E-state index contributed by atoms with van der Waals surface area (Å²) in [5.74, 6) is 1.29. The van der Waals surface area contributed by atoms with Crippen molar-refractivity contribution < 1.29 is 37.0 Å². The Morgan fingerprint density at radius 2 is 1.62 bits per heavy atom. The van der Waals surface area contributed by atoms with Crippen molar-refractivity contribution in [3.8, 4) is 39.5 Å². The number of fused-ring (bicyclic) bond motifs is 5. The number of nitrogens with zero attached hydrogens (tertiary/aromatic N) is 5. The van der Waals surface area contributed by atoms with Crippen molar-refractivity contribution in [1.29, 1.82) is 0 Å². The van der Waals surface area contributed by atoms with Gasteiger partial charge in [-0.3, -0.25) is 9.69 Å². The normalized spacial score (nSPS) is 24.7. The molecule has 5 N–H and O–H groups in total. The number of imidazole rings is 2. The third-order valence-electron chi connectivity index (χ3n) is 15.0. The number of allylic oxidation sites excluding steroid dienone is 8. The smallest absolute Gasteiger partial charge is 0.407 e. The number of nitrogens with two attached hydrogens (primary N) is 1. The highest BCUT2D eigenvalue weighted by atomic mass is 19.1. The van der Waals surface area contributed by atoms with E-state index >= 15 is 8.78 Å². The van der Waals surface area contributed by atoms with Crippen molar-refractivity contribution in [3.63, 3.8) is 0 Å². The van der Waals surface area contributed by atoms with Gasteiger partial charge in [-0.15, -0.1) is 0 Å². The van der Waals surface area contributed by atoms with E-state index in [2.05, 4.69) is 82.1 Å². The average molecular weight is 1000 g/mol. The quantitative estimate of drug-likeness (QED) is 0.0897. The Morgan fingerprint density at radius 3 is 2.32 bits per heavy atom. The fourth-order valence-electron chi connectivity index (χ4n) is 10.9. The van der Waals surface area contributed by atoms with Gasteiger partial charge in [0, 0.05) is 54.4 Å². The van der Waals surface area contributed by atoms with Crippen LogP contribution >= 0.6 is 0 Å². The van der Waals surface area contributed by atoms with Crippen LogP contribution in [0.1, 0.15) is 83.8 Å². The number of halogens is 3. The molecule has 9 atom stereocenters. The maximum absolute atomic E-state index is 17.1. The number of amides is 2. The van der Waals surface area contributed by atoms with Gasteiger partial charge < -0.3 is 44.7 Å². The second-order valence-corrected chi connectivity index (χ2v) is 20.8. The molecule has 10 rings (SSSR count). The van der Waals surface area contributed by atoms with Gasteiger partial charge in [0.05, 0.1) is 73.4 Å². The van der Waals surface area contributed by atoms with Crippen LogP contribution in [0.15, 0.2) is 108 Å². The Labute approximate surface area is 423 Å². The van der Waals surface area contributed by atoms with Crippen molar-refractivity contribution in [2.24, 2.45) is 29.4 Å². The molecule has 2 amide bonds. The summed E-state index contributed by atoms with van der Waals surface area (Å²) in [6.07, 6.45) is 15.5. The first kappa shape index (κ1) is 49.7. The average Bonchev–Trinajstić information content (AvgIpc) is 4.23. The van der Waals surface area contributed by atoms with Gasteiger partial charge in [-0.05, 0) is 77.8 Å². The highest BCUT2D eigenvalue weighted by molar-refractivity contribution is 5.92. The lowest BCUT2D eigenvalue weighted by atomic mass is 9.90. The second-order valence-electron chi connectivity index (χ2n) is 20.8. The van der Waals surface area contributed by atoms with E-state index in [1.807, 2.05) is 41.3 Å². The maximum atomic E-state index is 17.1. The first-order valence-electron chi connectivity index (χ1n) is 25.3. The van der Waals surface area contributed by atoms with Gasteiger partial charge in [0.25, 0.3) is 0 Å². The van der Waals surface area contributed by atoms with Crippen LogP contribution < -0.4 is 15.8 Å². The van der Waals surface area contributed by atoms with E-state index in [0.29, 0.717) is 58.6 Å². The maximum Gasteiger partial charge on any atom is 0.407 e. The molecular formula is C56H64F3N9O5. The number of nitrogens with one attached hydrogen (secondary N) is 3.